The SMILES string of the molecule is C=C(CC)NS(=O)(=O)c1ccc(-c2c(-c3ccccc3)noc2C)cc1.Cc1ccc(-c2cc(C)n(-c3ccc(S(N)(=O)=O)cc3)n2)cc1.Cc1ccc(-c2cc(C)nn2-c2ccc(S(N)(=O)=O)cc2)cc1.Cc1nc(C2CCCCC2)c(-c2ccc(S(N)(=O)=O)cc2)o1. The van der Waals surface area contributed by atoms with Crippen LogP contribution in [0.15, 0.2) is 229 Å². The summed E-state index contributed by atoms with van der Waals surface area (Å²) in [5.74, 6) is 2.51. The number of hydrogen-bond donors (Lipinski definition) is 4. The van der Waals surface area contributed by atoms with Crippen molar-refractivity contribution in [1.29, 1.82) is 0 Å². The van der Waals surface area contributed by atoms with E-state index < -0.39 is 40.1 Å². The van der Waals surface area contributed by atoms with Crippen molar-refractivity contribution in [1.82, 2.24) is 34.4 Å². The Morgan fingerprint density at radius 1 is 0.543 bits per heavy atom. The molecular formula is C70H74N10O10S4. The van der Waals surface area contributed by atoms with E-state index in [1.807, 2.05) is 139 Å². The summed E-state index contributed by atoms with van der Waals surface area (Å²) in [5, 5.41) is 28.7. The maximum absolute atomic E-state index is 12.4. The Hall–Kier alpha value is -9.40. The summed E-state index contributed by atoms with van der Waals surface area (Å²) in [4.78, 5) is 5.03. The van der Waals surface area contributed by atoms with E-state index in [0.717, 1.165) is 97.5 Å². The van der Waals surface area contributed by atoms with Gasteiger partial charge in [-0.1, -0.05) is 140 Å². The second-order valence-electron chi connectivity index (χ2n) is 22.7. The first-order chi connectivity index (χ1) is 44.6. The molecule has 0 radical (unpaired) electrons. The number of allylic oxidation sites excluding steroid dienone is 1. The first-order valence-electron chi connectivity index (χ1n) is 30.0. The first kappa shape index (κ1) is 69.0. The third-order valence-corrected chi connectivity index (χ3v) is 19.7. The molecule has 0 saturated heterocycles. The van der Waals surface area contributed by atoms with Crippen molar-refractivity contribution in [3.63, 3.8) is 0 Å². The maximum Gasteiger partial charge on any atom is 0.261 e. The molecule has 7 aromatic carbocycles. The standard InChI is InChI=1S/C20H20N2O3S.2C17H17N3O2S.C16H20N2O3S/c1-4-14(2)22-26(23,24)18-12-10-16(11-13-18)19-15(3)25-21-20(19)17-8-6-5-7-9-17;1-12-3-5-14(6-4-12)17-11-13(2)20(19-17)15-7-9-16(10-8-15)23(18,21)22;1-12-3-5-14(6-4-12)17-11-13(2)19-20(17)15-7-9-16(10-8-15)23(18,21)22;1-11-18-15(12-5-3-2-4-6-12)16(21-11)13-7-9-14(10-8-13)22(17,19)20/h5-13,22H,2,4H2,1,3H3;2*3-11H,1-2H3,(H2,18,21,22);7-10,12H,2-6H2,1H3,(H2,17,19,20). The number of primary sulfonamides is 3. The second-order valence-corrected chi connectivity index (χ2v) is 29.1. The summed E-state index contributed by atoms with van der Waals surface area (Å²) in [5.41, 5.74) is 15.4. The van der Waals surface area contributed by atoms with E-state index in [1.165, 1.54) is 66.8 Å². The fourth-order valence-electron chi connectivity index (χ4n) is 10.5. The van der Waals surface area contributed by atoms with Gasteiger partial charge in [0.15, 0.2) is 11.7 Å². The molecule has 94 heavy (non-hydrogen) atoms. The minimum absolute atomic E-state index is 0.0852. The molecule has 7 N–H and O–H groups in total. The number of nitrogens with zero attached hydrogens (tertiary/aromatic N) is 6. The summed E-state index contributed by atoms with van der Waals surface area (Å²) in [6.07, 6.45) is 6.53. The number of rotatable bonds is 15. The maximum atomic E-state index is 12.4. The zero-order valence-electron chi connectivity index (χ0n) is 53.1. The average Bonchev–Trinajstić information content (AvgIpc) is 1.60. The number of aryl methyl sites for hydroxylation is 6. The van der Waals surface area contributed by atoms with Crippen LogP contribution in [0.4, 0.5) is 0 Å². The van der Waals surface area contributed by atoms with Gasteiger partial charge in [-0.2, -0.15) is 10.2 Å². The fraction of sp³-hybridized carbons (Fsp3) is 0.200. The number of sulfonamides is 4. The van der Waals surface area contributed by atoms with Crippen molar-refractivity contribution in [2.24, 2.45) is 15.4 Å². The van der Waals surface area contributed by atoms with E-state index in [9.17, 15) is 33.7 Å². The van der Waals surface area contributed by atoms with Crippen LogP contribution in [0, 0.1) is 41.5 Å². The Balaban J connectivity index is 0.000000148. The van der Waals surface area contributed by atoms with Crippen molar-refractivity contribution < 1.29 is 42.6 Å². The van der Waals surface area contributed by atoms with Gasteiger partial charge in [0, 0.05) is 46.5 Å². The molecule has 11 aromatic rings. The van der Waals surface area contributed by atoms with Gasteiger partial charge < -0.3 is 8.94 Å². The van der Waals surface area contributed by atoms with Crippen molar-refractivity contribution in [3.05, 3.63) is 240 Å². The molecule has 0 spiro atoms. The van der Waals surface area contributed by atoms with E-state index in [2.05, 4.69) is 31.6 Å². The van der Waals surface area contributed by atoms with Gasteiger partial charge in [0.25, 0.3) is 10.0 Å². The summed E-state index contributed by atoms with van der Waals surface area (Å²) in [6, 6.07) is 55.9. The van der Waals surface area contributed by atoms with Gasteiger partial charge in [0.1, 0.15) is 11.5 Å². The Bertz CT molecular complexity index is 4910. The fourth-order valence-corrected chi connectivity index (χ4v) is 13.2. The molecule has 1 saturated carbocycles. The molecule has 0 bridgehead atoms. The van der Waals surface area contributed by atoms with Crippen LogP contribution in [0.1, 0.15) is 91.2 Å². The minimum Gasteiger partial charge on any atom is -0.441 e. The summed E-state index contributed by atoms with van der Waals surface area (Å²) in [7, 11) is -14.7. The summed E-state index contributed by atoms with van der Waals surface area (Å²) >= 11 is 0. The highest BCUT2D eigenvalue weighted by Crippen LogP contribution is 2.39. The minimum atomic E-state index is -3.69. The molecule has 24 heteroatoms. The van der Waals surface area contributed by atoms with Gasteiger partial charge >= 0.3 is 0 Å². The van der Waals surface area contributed by atoms with Gasteiger partial charge in [-0.25, -0.2) is 63.4 Å². The highest BCUT2D eigenvalue weighted by atomic mass is 32.2. The number of aromatic nitrogens is 6. The van der Waals surface area contributed by atoms with Crippen molar-refractivity contribution >= 4 is 40.1 Å². The van der Waals surface area contributed by atoms with Gasteiger partial charge in [-0.15, -0.1) is 0 Å². The third kappa shape index (κ3) is 17.2. The topological polar surface area (TPSA) is 314 Å². The van der Waals surface area contributed by atoms with Crippen LogP contribution in [-0.4, -0.2) is 63.4 Å². The Kier molecular flexibility index (Phi) is 21.5. The molecule has 0 atom stereocenters. The van der Waals surface area contributed by atoms with Crippen LogP contribution in [0.3, 0.4) is 0 Å². The zero-order valence-corrected chi connectivity index (χ0v) is 56.3. The molecule has 0 aliphatic heterocycles. The molecule has 4 aromatic heterocycles. The molecule has 12 rings (SSSR count). The van der Waals surface area contributed by atoms with Crippen LogP contribution in [0.25, 0.3) is 67.6 Å². The number of benzene rings is 7. The van der Waals surface area contributed by atoms with Crippen LogP contribution in [-0.2, 0) is 40.1 Å². The molecule has 1 aliphatic carbocycles. The predicted octanol–water partition coefficient (Wildman–Crippen LogP) is 13.5. The predicted molar refractivity (Wildman–Crippen MR) is 365 cm³/mol. The quantitative estimate of drug-likeness (QED) is 0.0742. The van der Waals surface area contributed by atoms with Gasteiger partial charge in [-0.05, 0) is 157 Å². The molecule has 0 amide bonds. The Labute approximate surface area is 549 Å². The number of nitrogens with two attached hydrogens (primary N) is 3. The van der Waals surface area contributed by atoms with Crippen molar-refractivity contribution in [2.45, 2.75) is 112 Å². The van der Waals surface area contributed by atoms with E-state index >= 15 is 0 Å². The van der Waals surface area contributed by atoms with Gasteiger partial charge in [-0.3, -0.25) is 4.72 Å². The molecule has 1 fully saturated rings. The average molecular weight is 1340 g/mol. The lowest BCUT2D eigenvalue weighted by Gasteiger charge is -2.20. The van der Waals surface area contributed by atoms with E-state index in [-0.39, 0.29) is 19.6 Å². The molecule has 4 heterocycles. The normalized spacial score (nSPS) is 12.7. The lowest BCUT2D eigenvalue weighted by molar-refractivity contribution is 0.400. The van der Waals surface area contributed by atoms with Crippen molar-refractivity contribution in [3.8, 4) is 67.6 Å². The Morgan fingerprint density at radius 2 is 1.02 bits per heavy atom. The third-order valence-electron chi connectivity index (χ3n) is 15.5. The highest BCUT2D eigenvalue weighted by Gasteiger charge is 2.25. The summed E-state index contributed by atoms with van der Waals surface area (Å²) in [6.45, 7) is 17.2. The van der Waals surface area contributed by atoms with Crippen LogP contribution < -0.4 is 20.1 Å². The van der Waals surface area contributed by atoms with Crippen LogP contribution in [0.5, 0.6) is 0 Å². The lowest BCUT2D eigenvalue weighted by atomic mass is 9.85. The van der Waals surface area contributed by atoms with E-state index in [1.54, 1.807) is 70.0 Å². The zero-order chi connectivity index (χ0) is 67.7. The lowest BCUT2D eigenvalue weighted by Crippen LogP contribution is -2.22. The Morgan fingerprint density at radius 3 is 1.54 bits per heavy atom. The molecule has 488 valence electrons. The number of oxazole rings is 1. The number of nitrogens with one attached hydrogen (secondary N) is 1. The van der Waals surface area contributed by atoms with E-state index in [0.29, 0.717) is 29.7 Å². The molecule has 0 unspecified atom stereocenters. The monoisotopic (exact) mass is 1340 g/mol. The number of hydrogen-bond acceptors (Lipinski definition) is 14. The molecule has 20 nitrogen and oxygen atoms in total. The van der Waals surface area contributed by atoms with Crippen LogP contribution in [0.2, 0.25) is 0 Å². The first-order valence-corrected chi connectivity index (χ1v) is 36.2. The molecule has 1 aliphatic rings. The van der Waals surface area contributed by atoms with E-state index in [4.69, 9.17) is 24.4 Å². The second kappa shape index (κ2) is 29.3. The highest BCUT2D eigenvalue weighted by molar-refractivity contribution is 7.90. The molecular weight excluding hydrogens is 1270 g/mol. The van der Waals surface area contributed by atoms with Gasteiger partial charge in [0.2, 0.25) is 30.1 Å². The van der Waals surface area contributed by atoms with Crippen molar-refractivity contribution in [2.75, 3.05) is 0 Å². The largest absolute Gasteiger partial charge is 0.441 e. The smallest absolute Gasteiger partial charge is 0.261 e. The van der Waals surface area contributed by atoms with Gasteiger partial charge in [0.05, 0.1) is 59.3 Å². The van der Waals surface area contributed by atoms with Crippen LogP contribution >= 0.6 is 0 Å². The summed E-state index contributed by atoms with van der Waals surface area (Å²) < 4.78 is 110.